The molecular weight excluding hydrogens is 258 g/mol. The van der Waals surface area contributed by atoms with E-state index in [9.17, 15) is 9.59 Å². The lowest BCUT2D eigenvalue weighted by molar-refractivity contribution is -0.158. The van der Waals surface area contributed by atoms with Crippen LogP contribution >= 0.6 is 0 Å². The number of amides is 1. The number of benzene rings is 1. The topological polar surface area (TPSA) is 75.6 Å². The van der Waals surface area contributed by atoms with Crippen molar-refractivity contribution in [1.29, 1.82) is 0 Å². The summed E-state index contributed by atoms with van der Waals surface area (Å²) in [7, 11) is 0. The van der Waals surface area contributed by atoms with E-state index in [2.05, 4.69) is 0 Å². The predicted octanol–water partition coefficient (Wildman–Crippen LogP) is 2.08. The Bertz CT molecular complexity index is 451. The molecular formula is C15H21NO4. The van der Waals surface area contributed by atoms with Gasteiger partial charge in [-0.2, -0.15) is 0 Å². The van der Waals surface area contributed by atoms with E-state index >= 15 is 0 Å². The molecule has 0 aliphatic rings. The normalized spacial score (nSPS) is 12.6. The molecule has 1 aromatic carbocycles. The summed E-state index contributed by atoms with van der Waals surface area (Å²) in [5.74, 6) is -1.70. The summed E-state index contributed by atoms with van der Waals surface area (Å²) in [6.07, 6.45) is 0.297. The van der Waals surface area contributed by atoms with Crippen LogP contribution in [0.5, 0.6) is 0 Å². The van der Waals surface area contributed by atoms with E-state index in [1.54, 1.807) is 26.3 Å². The number of nitrogens with one attached hydrogen (secondary N) is 1. The summed E-state index contributed by atoms with van der Waals surface area (Å²) >= 11 is 0. The molecule has 0 spiro atoms. The Morgan fingerprint density at radius 3 is 2.35 bits per heavy atom. The fraction of sp³-hybridized carbons (Fsp3) is 0.467. The van der Waals surface area contributed by atoms with Crippen LogP contribution in [-0.2, 0) is 20.7 Å². The molecule has 0 saturated carbocycles. The minimum Gasteiger partial charge on any atom is -0.460 e. The second kappa shape index (κ2) is 7.05. The van der Waals surface area contributed by atoms with Gasteiger partial charge in [-0.15, -0.1) is 0 Å². The second-order valence-electron chi connectivity index (χ2n) is 5.65. The molecule has 20 heavy (non-hydrogen) atoms. The second-order valence-corrected chi connectivity index (χ2v) is 5.65. The summed E-state index contributed by atoms with van der Waals surface area (Å²) in [5, 5.41) is 8.78. The first-order valence-corrected chi connectivity index (χ1v) is 6.51. The Kier molecular flexibility index (Phi) is 5.70. The third-order valence-corrected chi connectivity index (χ3v) is 2.64. The van der Waals surface area contributed by atoms with E-state index in [0.717, 1.165) is 5.56 Å². The van der Waals surface area contributed by atoms with E-state index in [1.165, 1.54) is 0 Å². The van der Waals surface area contributed by atoms with Crippen LogP contribution in [0.2, 0.25) is 0 Å². The van der Waals surface area contributed by atoms with Gasteiger partial charge < -0.3 is 4.74 Å². The van der Waals surface area contributed by atoms with Gasteiger partial charge in [0.05, 0.1) is 12.3 Å². The smallest absolute Gasteiger partial charge is 0.307 e. The van der Waals surface area contributed by atoms with Crippen molar-refractivity contribution in [3.05, 3.63) is 35.9 Å². The average Bonchev–Trinajstić information content (AvgIpc) is 2.36. The molecule has 0 aliphatic carbocycles. The van der Waals surface area contributed by atoms with E-state index in [0.29, 0.717) is 6.42 Å². The van der Waals surface area contributed by atoms with E-state index in [4.69, 9.17) is 9.94 Å². The number of esters is 1. The van der Waals surface area contributed by atoms with Crippen LogP contribution in [0.3, 0.4) is 0 Å². The highest BCUT2D eigenvalue weighted by Gasteiger charge is 2.25. The minimum absolute atomic E-state index is 0.0709. The molecule has 0 aliphatic heterocycles. The van der Waals surface area contributed by atoms with Gasteiger partial charge in [0, 0.05) is 0 Å². The van der Waals surface area contributed by atoms with E-state index in [-0.39, 0.29) is 6.42 Å². The van der Waals surface area contributed by atoms with Crippen LogP contribution < -0.4 is 5.48 Å². The molecule has 0 unspecified atom stereocenters. The molecule has 0 aromatic heterocycles. The van der Waals surface area contributed by atoms with Gasteiger partial charge in [-0.3, -0.25) is 14.8 Å². The molecule has 1 aromatic rings. The number of hydroxylamine groups is 1. The SMILES string of the molecule is CC(C)(C)OC(=O)C[C@@H](Cc1ccccc1)C(=O)NO. The summed E-state index contributed by atoms with van der Waals surface area (Å²) in [5.41, 5.74) is 1.93. The number of rotatable bonds is 5. The first kappa shape index (κ1) is 16.2. The number of carbonyl (C=O) groups excluding carboxylic acids is 2. The minimum atomic E-state index is -0.655. The monoisotopic (exact) mass is 279 g/mol. The maximum Gasteiger partial charge on any atom is 0.307 e. The number of hydrogen-bond donors (Lipinski definition) is 2. The van der Waals surface area contributed by atoms with E-state index in [1.807, 2.05) is 30.3 Å². The number of hydrogen-bond acceptors (Lipinski definition) is 4. The van der Waals surface area contributed by atoms with Gasteiger partial charge in [0.1, 0.15) is 5.60 Å². The average molecular weight is 279 g/mol. The van der Waals surface area contributed by atoms with Crippen LogP contribution in [0.1, 0.15) is 32.8 Å². The summed E-state index contributed by atoms with van der Waals surface area (Å²) < 4.78 is 5.20. The maximum absolute atomic E-state index is 11.8. The third-order valence-electron chi connectivity index (χ3n) is 2.64. The zero-order valence-electron chi connectivity index (χ0n) is 12.1. The first-order valence-electron chi connectivity index (χ1n) is 6.51. The Hall–Kier alpha value is -1.88. The molecule has 1 amide bonds. The maximum atomic E-state index is 11.8. The fourth-order valence-electron chi connectivity index (χ4n) is 1.83. The van der Waals surface area contributed by atoms with Crippen LogP contribution in [0.4, 0.5) is 0 Å². The Morgan fingerprint density at radius 1 is 1.25 bits per heavy atom. The Balaban J connectivity index is 2.70. The first-order chi connectivity index (χ1) is 9.31. The Labute approximate surface area is 118 Å². The van der Waals surface area contributed by atoms with Crippen molar-refractivity contribution in [3.63, 3.8) is 0 Å². The number of carbonyl (C=O) groups is 2. The van der Waals surface area contributed by atoms with Crippen LogP contribution in [-0.4, -0.2) is 22.7 Å². The van der Waals surface area contributed by atoms with Crippen molar-refractivity contribution < 1.29 is 19.5 Å². The molecule has 0 fully saturated rings. The highest BCUT2D eigenvalue weighted by molar-refractivity contribution is 5.83. The van der Waals surface area contributed by atoms with Gasteiger partial charge in [-0.25, -0.2) is 5.48 Å². The van der Waals surface area contributed by atoms with Gasteiger partial charge in [-0.05, 0) is 32.8 Å². The highest BCUT2D eigenvalue weighted by Crippen LogP contribution is 2.16. The van der Waals surface area contributed by atoms with Crippen molar-refractivity contribution in [2.24, 2.45) is 5.92 Å². The summed E-state index contributed by atoms with van der Waals surface area (Å²) in [6, 6.07) is 9.32. The molecule has 0 saturated heterocycles. The van der Waals surface area contributed by atoms with Crippen LogP contribution in [0.15, 0.2) is 30.3 Å². The lowest BCUT2D eigenvalue weighted by Gasteiger charge is -2.21. The highest BCUT2D eigenvalue weighted by atomic mass is 16.6. The molecule has 0 radical (unpaired) electrons. The zero-order valence-corrected chi connectivity index (χ0v) is 12.1. The van der Waals surface area contributed by atoms with Gasteiger partial charge in [0.2, 0.25) is 5.91 Å². The Morgan fingerprint density at radius 2 is 1.85 bits per heavy atom. The van der Waals surface area contributed by atoms with Crippen molar-refractivity contribution in [2.75, 3.05) is 0 Å². The number of ether oxygens (including phenoxy) is 1. The molecule has 0 bridgehead atoms. The van der Waals surface area contributed by atoms with Crippen molar-refractivity contribution >= 4 is 11.9 Å². The molecule has 110 valence electrons. The molecule has 1 atom stereocenters. The predicted molar refractivity (Wildman–Crippen MR) is 74.0 cm³/mol. The largest absolute Gasteiger partial charge is 0.460 e. The quantitative estimate of drug-likeness (QED) is 0.491. The van der Waals surface area contributed by atoms with Gasteiger partial charge in [0.25, 0.3) is 0 Å². The van der Waals surface area contributed by atoms with Crippen LogP contribution in [0.25, 0.3) is 0 Å². The lowest BCUT2D eigenvalue weighted by atomic mass is 9.95. The summed E-state index contributed by atoms with van der Waals surface area (Å²) in [6.45, 7) is 5.30. The van der Waals surface area contributed by atoms with Gasteiger partial charge in [0.15, 0.2) is 0 Å². The molecule has 5 heteroatoms. The van der Waals surface area contributed by atoms with Crippen molar-refractivity contribution in [1.82, 2.24) is 5.48 Å². The van der Waals surface area contributed by atoms with Gasteiger partial charge >= 0.3 is 5.97 Å². The fourth-order valence-corrected chi connectivity index (χ4v) is 1.83. The molecule has 0 heterocycles. The molecule has 2 N–H and O–H groups in total. The van der Waals surface area contributed by atoms with Crippen molar-refractivity contribution in [2.45, 2.75) is 39.2 Å². The summed E-state index contributed by atoms with van der Waals surface area (Å²) in [4.78, 5) is 23.4. The third kappa shape index (κ3) is 5.84. The van der Waals surface area contributed by atoms with Crippen LogP contribution in [0, 0.1) is 5.92 Å². The molecule has 5 nitrogen and oxygen atoms in total. The van der Waals surface area contributed by atoms with E-state index < -0.39 is 23.4 Å². The standard InChI is InChI=1S/C15H21NO4/c1-15(2,3)20-13(17)10-12(14(18)16-19)9-11-7-5-4-6-8-11/h4-8,12,19H,9-10H2,1-3H3,(H,16,18)/t12-/m1/s1. The lowest BCUT2D eigenvalue weighted by Crippen LogP contribution is -2.33. The van der Waals surface area contributed by atoms with Gasteiger partial charge in [-0.1, -0.05) is 30.3 Å². The molecule has 1 rings (SSSR count). The van der Waals surface area contributed by atoms with Crippen molar-refractivity contribution in [3.8, 4) is 0 Å². The zero-order chi connectivity index (χ0) is 15.2.